The lowest BCUT2D eigenvalue weighted by atomic mass is 9.74. The smallest absolute Gasteiger partial charge is 0.417 e. The van der Waals surface area contributed by atoms with Crippen LogP contribution in [0.15, 0.2) is 89.8 Å². The Hall–Kier alpha value is -5.50. The zero-order valence-corrected chi connectivity index (χ0v) is 31.3. The number of aromatic nitrogens is 4. The normalized spacial score (nSPS) is 17.5. The molecule has 55 heavy (non-hydrogen) atoms. The van der Waals surface area contributed by atoms with Gasteiger partial charge in [0.1, 0.15) is 27.7 Å². The van der Waals surface area contributed by atoms with Gasteiger partial charge in [-0.25, -0.2) is 8.42 Å². The number of hydrogen-bond donors (Lipinski definition) is 1. The second-order valence-electron chi connectivity index (χ2n) is 13.4. The first-order chi connectivity index (χ1) is 26.3. The van der Waals surface area contributed by atoms with Gasteiger partial charge in [-0.05, 0) is 102 Å². The van der Waals surface area contributed by atoms with Crippen LogP contribution in [-0.2, 0) is 35.8 Å². The van der Waals surface area contributed by atoms with Gasteiger partial charge in [0.05, 0.1) is 39.5 Å². The lowest BCUT2D eigenvalue weighted by Crippen LogP contribution is -2.41. The largest absolute Gasteiger partial charge is 0.497 e. The minimum absolute atomic E-state index is 0.0930. The molecule has 0 amide bonds. The topological polar surface area (TPSA) is 158 Å². The fourth-order valence-electron chi connectivity index (χ4n) is 6.74. The molecule has 1 aromatic heterocycles. The van der Waals surface area contributed by atoms with Crippen molar-refractivity contribution in [2.45, 2.75) is 67.8 Å². The zero-order chi connectivity index (χ0) is 39.4. The van der Waals surface area contributed by atoms with Gasteiger partial charge in [0, 0.05) is 18.7 Å². The summed E-state index contributed by atoms with van der Waals surface area (Å²) in [6.45, 7) is -0.466. The molecule has 0 spiro atoms. The Morgan fingerprint density at radius 1 is 0.836 bits per heavy atom. The Balaban J connectivity index is 1.54. The highest BCUT2D eigenvalue weighted by Gasteiger charge is 2.44. The van der Waals surface area contributed by atoms with E-state index < -0.39 is 38.1 Å². The summed E-state index contributed by atoms with van der Waals surface area (Å²) in [5.74, 6) is 0.931. The van der Waals surface area contributed by atoms with Gasteiger partial charge >= 0.3 is 6.18 Å². The predicted octanol–water partition coefficient (Wildman–Crippen LogP) is 6.70. The van der Waals surface area contributed by atoms with E-state index in [2.05, 4.69) is 21.5 Å². The minimum Gasteiger partial charge on any atom is -0.497 e. The highest BCUT2D eigenvalue weighted by atomic mass is 32.2. The number of alkyl halides is 3. The van der Waals surface area contributed by atoms with Crippen molar-refractivity contribution in [3.8, 4) is 34.7 Å². The second kappa shape index (κ2) is 16.1. The Bertz CT molecular complexity index is 2200. The van der Waals surface area contributed by atoms with Crippen LogP contribution in [-0.4, -0.2) is 59.8 Å². The molecule has 16 heteroatoms. The summed E-state index contributed by atoms with van der Waals surface area (Å²) in [6.07, 6.45) is -3.93. The number of tetrazole rings is 1. The van der Waals surface area contributed by atoms with E-state index in [1.807, 2.05) is 0 Å². The van der Waals surface area contributed by atoms with Gasteiger partial charge in [0.2, 0.25) is 15.8 Å². The number of nitrogens with zero attached hydrogens (tertiary/aromatic N) is 6. The molecule has 1 aliphatic rings. The number of nitriles is 1. The summed E-state index contributed by atoms with van der Waals surface area (Å²) >= 11 is 0. The molecule has 4 aromatic carbocycles. The van der Waals surface area contributed by atoms with E-state index in [1.54, 1.807) is 72.8 Å². The maximum Gasteiger partial charge on any atom is 0.417 e. The Labute approximate surface area is 317 Å². The van der Waals surface area contributed by atoms with Crippen molar-refractivity contribution in [1.82, 2.24) is 24.5 Å². The summed E-state index contributed by atoms with van der Waals surface area (Å²) in [6, 6.07) is 24.5. The molecule has 0 saturated heterocycles. The molecule has 1 fully saturated rings. The summed E-state index contributed by atoms with van der Waals surface area (Å²) in [4.78, 5) is 0.222. The van der Waals surface area contributed by atoms with E-state index in [9.17, 15) is 5.26 Å². The molecule has 0 aliphatic heterocycles. The molecular formula is C39H40F3N7O5S. The van der Waals surface area contributed by atoms with Crippen LogP contribution in [0.3, 0.4) is 0 Å². The number of sulfonamides is 1. The first-order valence-electron chi connectivity index (χ1n) is 17.4. The minimum atomic E-state index is -5.10. The Morgan fingerprint density at radius 2 is 1.33 bits per heavy atom. The van der Waals surface area contributed by atoms with Crippen molar-refractivity contribution < 1.29 is 35.8 Å². The van der Waals surface area contributed by atoms with Gasteiger partial charge in [-0.3, -0.25) is 0 Å². The van der Waals surface area contributed by atoms with Crippen molar-refractivity contribution >= 4 is 10.0 Å². The third-order valence-corrected chi connectivity index (χ3v) is 11.7. The molecule has 0 bridgehead atoms. The van der Waals surface area contributed by atoms with Gasteiger partial charge in [-0.15, -0.1) is 10.2 Å². The standard InChI is InChI=1S/C39H40F3N7O5S/c1-52-30-10-4-26(5-11-30)22-48(23-27-6-12-31(53-2)13-7-27)55(50,51)36-34(39(40,41)42)17-16-33(29-18-20-38(44,25-43)21-19-29)35(36)37-45-47-49(46-37)24-28-8-14-32(54-3)15-9-28/h4-17,29H,18-24,44H2,1-3H3. The molecule has 0 radical (unpaired) electrons. The first-order valence-corrected chi connectivity index (χ1v) is 18.8. The number of nitrogens with two attached hydrogens (primary N) is 1. The molecule has 5 aromatic rings. The third kappa shape index (κ3) is 8.75. The number of methoxy groups -OCH3 is 3. The van der Waals surface area contributed by atoms with Crippen LogP contribution in [0.1, 0.15) is 59.4 Å². The second-order valence-corrected chi connectivity index (χ2v) is 15.3. The van der Waals surface area contributed by atoms with Crippen molar-refractivity contribution in [3.63, 3.8) is 0 Å². The molecule has 1 heterocycles. The lowest BCUT2D eigenvalue weighted by Gasteiger charge is -2.33. The molecule has 1 aliphatic carbocycles. The van der Waals surface area contributed by atoms with Crippen LogP contribution in [0, 0.1) is 11.3 Å². The van der Waals surface area contributed by atoms with Crippen LogP contribution in [0.5, 0.6) is 17.2 Å². The number of hydrogen-bond acceptors (Lipinski definition) is 10. The van der Waals surface area contributed by atoms with E-state index in [4.69, 9.17) is 19.9 Å². The van der Waals surface area contributed by atoms with Gasteiger partial charge in [0.15, 0.2) is 0 Å². The Morgan fingerprint density at radius 3 is 1.78 bits per heavy atom. The van der Waals surface area contributed by atoms with Crippen molar-refractivity contribution in [3.05, 3.63) is 113 Å². The maximum atomic E-state index is 15.2. The van der Waals surface area contributed by atoms with Crippen LogP contribution >= 0.6 is 0 Å². The van der Waals surface area contributed by atoms with Gasteiger partial charge in [0.25, 0.3) is 0 Å². The van der Waals surface area contributed by atoms with Crippen molar-refractivity contribution in [2.24, 2.45) is 5.73 Å². The van der Waals surface area contributed by atoms with Gasteiger partial charge < -0.3 is 19.9 Å². The van der Waals surface area contributed by atoms with Crippen LogP contribution in [0.4, 0.5) is 13.2 Å². The number of rotatable bonds is 13. The van der Waals surface area contributed by atoms with Crippen molar-refractivity contribution in [2.75, 3.05) is 21.3 Å². The summed E-state index contributed by atoms with van der Waals surface area (Å²) < 4.78 is 92.8. The van der Waals surface area contributed by atoms with E-state index >= 15 is 21.6 Å². The Kier molecular flexibility index (Phi) is 11.5. The molecule has 12 nitrogen and oxygen atoms in total. The monoisotopic (exact) mass is 775 g/mol. The third-order valence-electron chi connectivity index (χ3n) is 9.83. The highest BCUT2D eigenvalue weighted by Crippen LogP contribution is 2.47. The molecule has 1 saturated carbocycles. The van der Waals surface area contributed by atoms with Crippen molar-refractivity contribution in [1.29, 1.82) is 5.26 Å². The van der Waals surface area contributed by atoms with Crippen LogP contribution < -0.4 is 19.9 Å². The summed E-state index contributed by atoms with van der Waals surface area (Å²) in [7, 11) is -0.509. The summed E-state index contributed by atoms with van der Waals surface area (Å²) in [5.41, 5.74) is 5.56. The van der Waals surface area contributed by atoms with Gasteiger partial charge in [-0.1, -0.05) is 42.5 Å². The zero-order valence-electron chi connectivity index (χ0n) is 30.5. The number of halogens is 3. The van der Waals surface area contributed by atoms with Crippen LogP contribution in [0.2, 0.25) is 0 Å². The summed E-state index contributed by atoms with van der Waals surface area (Å²) in [5, 5.41) is 22.5. The van der Waals surface area contributed by atoms with E-state index in [0.29, 0.717) is 46.8 Å². The molecule has 288 valence electrons. The molecule has 0 atom stereocenters. The van der Waals surface area contributed by atoms with E-state index in [-0.39, 0.29) is 43.9 Å². The SMILES string of the molecule is COc1ccc(CN(Cc2ccc(OC)cc2)S(=O)(=O)c2c(C(F)(F)F)ccc(C3CCC(N)(C#N)CC3)c2-c2nnn(Cc3ccc(OC)cc3)n2)cc1. The highest BCUT2D eigenvalue weighted by molar-refractivity contribution is 7.89. The quantitative estimate of drug-likeness (QED) is 0.136. The fourth-order valence-corrected chi connectivity index (χ4v) is 8.57. The lowest BCUT2D eigenvalue weighted by molar-refractivity contribution is -0.139. The van der Waals surface area contributed by atoms with Crippen LogP contribution in [0.25, 0.3) is 11.4 Å². The molecule has 2 N–H and O–H groups in total. The first kappa shape index (κ1) is 39.2. The van der Waals surface area contributed by atoms with E-state index in [0.717, 1.165) is 15.9 Å². The van der Waals surface area contributed by atoms with Gasteiger partial charge in [-0.2, -0.15) is 27.5 Å². The maximum absolute atomic E-state index is 15.2. The van der Waals surface area contributed by atoms with E-state index in [1.165, 1.54) is 32.2 Å². The average molecular weight is 776 g/mol. The average Bonchev–Trinajstić information content (AvgIpc) is 3.66. The predicted molar refractivity (Wildman–Crippen MR) is 197 cm³/mol. The molecule has 6 rings (SSSR count). The fraction of sp³-hybridized carbons (Fsp3) is 0.333. The number of benzene rings is 4. The number of ether oxygens (including phenoxy) is 3. The molecular weight excluding hydrogens is 736 g/mol. The molecule has 0 unspecified atom stereocenters.